The summed E-state index contributed by atoms with van der Waals surface area (Å²) in [7, 11) is 1.96. The van der Waals surface area contributed by atoms with E-state index in [1.807, 2.05) is 44.4 Å². The highest BCUT2D eigenvalue weighted by atomic mass is 16.7. The van der Waals surface area contributed by atoms with Crippen molar-refractivity contribution in [3.8, 4) is 5.75 Å². The van der Waals surface area contributed by atoms with Crippen LogP contribution in [0.15, 0.2) is 124 Å². The molecule has 0 amide bonds. The number of epoxide rings is 1. The van der Waals surface area contributed by atoms with Crippen LogP contribution in [0.1, 0.15) is 161 Å². The van der Waals surface area contributed by atoms with E-state index in [2.05, 4.69) is 76.9 Å². The molecule has 6 heterocycles. The molecule has 0 radical (unpaired) electrons. The number of aromatic hydroxyl groups is 1. The van der Waals surface area contributed by atoms with Crippen LogP contribution in [-0.4, -0.2) is 101 Å². The maximum atomic E-state index is 16.5. The highest BCUT2D eigenvalue weighted by molar-refractivity contribution is 6.33. The lowest BCUT2D eigenvalue weighted by Crippen LogP contribution is -2.66. The SMILES string of the molecule is CCN[C@@]12C=C3C=CC[C@H]4CCCC[C@@]5(C)CC6=CNC(N)C(=C6)[C@@H](c6cccc(O)c6)C[C@H]6C[C@H](O)C[C@@H]([C@H]6C1)[C@H](OC(=O)[C@]16O[C@@]1(C/C(CO)=C(\C)CCC1=CCNC7=C1CC[C@@H](NC)N7)C(=O)c1cccc(c1C6=O)C5)[C@@H]2C[C@@H]34. The lowest BCUT2D eigenvalue weighted by molar-refractivity contribution is -0.180. The zero-order valence-corrected chi connectivity index (χ0v) is 48.5. The number of phenols is 1. The monoisotopic (exact) mass is 1110 g/mol. The third-order valence-electron chi connectivity index (χ3n) is 22.1. The van der Waals surface area contributed by atoms with Crippen LogP contribution in [0.25, 0.3) is 0 Å². The molecule has 6 aliphatic heterocycles. The van der Waals surface area contributed by atoms with Gasteiger partial charge in [0.15, 0.2) is 11.4 Å². The number of likely N-dealkylation sites (N-methyl/N-ethyl adjacent to an activating group) is 1. The third-order valence-corrected chi connectivity index (χ3v) is 22.1. The molecule has 14 nitrogen and oxygen atoms in total. The first-order chi connectivity index (χ1) is 39.6. The minimum absolute atomic E-state index is 0.0678. The van der Waals surface area contributed by atoms with Gasteiger partial charge in [-0.2, -0.15) is 0 Å². The second kappa shape index (κ2) is 21.5. The van der Waals surface area contributed by atoms with Crippen molar-refractivity contribution in [2.24, 2.45) is 46.7 Å². The van der Waals surface area contributed by atoms with Gasteiger partial charge in [0.05, 0.1) is 25.0 Å². The molecular formula is C68H86N6O8. The Bertz CT molecular complexity index is 3170. The fourth-order valence-corrected chi connectivity index (χ4v) is 18.1. The van der Waals surface area contributed by atoms with Gasteiger partial charge in [0.25, 0.3) is 5.60 Å². The van der Waals surface area contributed by atoms with Crippen LogP contribution < -0.4 is 32.3 Å². The number of hydrogen-bond acceptors (Lipinski definition) is 14. The summed E-state index contributed by atoms with van der Waals surface area (Å²) in [4.78, 5) is 48.8. The molecule has 436 valence electrons. The summed E-state index contributed by atoms with van der Waals surface area (Å²) in [6, 6.07) is 13.1. The van der Waals surface area contributed by atoms with E-state index < -0.39 is 58.1 Å². The van der Waals surface area contributed by atoms with Crippen molar-refractivity contribution in [2.45, 2.75) is 177 Å². The molecule has 2 aromatic rings. The largest absolute Gasteiger partial charge is 0.508 e. The number of phenolic OH excluding ortho intramolecular Hbond substituents is 1. The van der Waals surface area contributed by atoms with Crippen LogP contribution in [-0.2, 0) is 20.7 Å². The second-order valence-electron chi connectivity index (χ2n) is 27.0. The number of ether oxygens (including phenoxy) is 2. The Morgan fingerprint density at radius 1 is 0.988 bits per heavy atom. The van der Waals surface area contributed by atoms with Crippen molar-refractivity contribution >= 4 is 17.5 Å². The van der Waals surface area contributed by atoms with Crippen molar-refractivity contribution in [1.82, 2.24) is 26.6 Å². The number of esters is 1. The number of nitrogens with two attached hydrogens (primary N) is 1. The molecule has 10 N–H and O–H groups in total. The van der Waals surface area contributed by atoms with E-state index in [0.29, 0.717) is 75.1 Å². The van der Waals surface area contributed by atoms with Gasteiger partial charge in [-0.1, -0.05) is 93.0 Å². The van der Waals surface area contributed by atoms with E-state index in [1.165, 1.54) is 16.7 Å². The van der Waals surface area contributed by atoms with E-state index in [0.717, 1.165) is 85.9 Å². The Morgan fingerprint density at radius 2 is 1.84 bits per heavy atom. The lowest BCUT2D eigenvalue weighted by atomic mass is 9.50. The molecule has 11 bridgehead atoms. The average Bonchev–Trinajstić information content (AvgIpc) is 1.88. The second-order valence-corrected chi connectivity index (χ2v) is 27.0. The van der Waals surface area contributed by atoms with Crippen molar-refractivity contribution in [3.63, 3.8) is 0 Å². The molecule has 2 saturated carbocycles. The molecule has 1 saturated heterocycles. The van der Waals surface area contributed by atoms with Crippen LogP contribution >= 0.6 is 0 Å². The van der Waals surface area contributed by atoms with Gasteiger partial charge in [-0.15, -0.1) is 0 Å². The highest BCUT2D eigenvalue weighted by Gasteiger charge is 2.86. The van der Waals surface area contributed by atoms with E-state index in [1.54, 1.807) is 12.1 Å². The van der Waals surface area contributed by atoms with Gasteiger partial charge < -0.3 is 57.1 Å². The Balaban J connectivity index is 0.978. The zero-order chi connectivity index (χ0) is 56.9. The zero-order valence-electron chi connectivity index (χ0n) is 48.5. The molecule has 2 aromatic carbocycles. The molecule has 82 heavy (non-hydrogen) atoms. The quantitative estimate of drug-likeness (QED) is 0.0471. The fraction of sp³-hybridized carbons (Fsp3) is 0.574. The molecule has 13 rings (SSSR count). The number of benzene rings is 2. The summed E-state index contributed by atoms with van der Waals surface area (Å²) >= 11 is 0. The summed E-state index contributed by atoms with van der Waals surface area (Å²) in [6.45, 7) is 7.40. The van der Waals surface area contributed by atoms with Crippen LogP contribution in [0.3, 0.4) is 0 Å². The van der Waals surface area contributed by atoms with Crippen molar-refractivity contribution in [1.29, 1.82) is 0 Å². The molecule has 0 aromatic heterocycles. The van der Waals surface area contributed by atoms with Gasteiger partial charge in [-0.3, -0.25) is 9.59 Å². The molecule has 14 heteroatoms. The maximum Gasteiger partial charge on any atom is 0.350 e. The van der Waals surface area contributed by atoms with Gasteiger partial charge in [0, 0.05) is 53.6 Å². The van der Waals surface area contributed by atoms with Crippen molar-refractivity contribution in [2.75, 3.05) is 26.7 Å². The normalized spacial score (nSPS) is 38.5. The number of rotatable bonds is 10. The molecule has 1 unspecified atom stereocenters. The number of allylic oxidation sites excluding steroid dienone is 8. The maximum absolute atomic E-state index is 16.5. The number of carbonyl (C=O) groups excluding carboxylic acids is 3. The first-order valence-electron chi connectivity index (χ1n) is 31.1. The van der Waals surface area contributed by atoms with Gasteiger partial charge in [-0.05, 0) is 196 Å². The van der Waals surface area contributed by atoms with E-state index >= 15 is 14.4 Å². The fourth-order valence-electron chi connectivity index (χ4n) is 18.1. The molecule has 15 atom stereocenters. The summed E-state index contributed by atoms with van der Waals surface area (Å²) in [6.07, 6.45) is 23.9. The Labute approximate surface area is 483 Å². The van der Waals surface area contributed by atoms with Gasteiger partial charge >= 0.3 is 5.97 Å². The number of hydrogen-bond donors (Lipinski definition) is 9. The Morgan fingerprint density at radius 3 is 2.66 bits per heavy atom. The van der Waals surface area contributed by atoms with Gasteiger partial charge in [0.2, 0.25) is 5.78 Å². The van der Waals surface area contributed by atoms with Gasteiger partial charge in [-0.25, -0.2) is 4.79 Å². The van der Waals surface area contributed by atoms with E-state index in [4.69, 9.17) is 15.2 Å². The van der Waals surface area contributed by atoms with Crippen molar-refractivity contribution in [3.05, 3.63) is 146 Å². The van der Waals surface area contributed by atoms with Crippen LogP contribution in [0.4, 0.5) is 0 Å². The Hall–Kier alpha value is -5.61. The third kappa shape index (κ3) is 9.32. The number of fused-ring (bicyclic) bond motifs is 3. The number of ketones is 2. The number of dihydropyridines is 2. The summed E-state index contributed by atoms with van der Waals surface area (Å²) < 4.78 is 14.3. The molecule has 11 aliphatic rings. The van der Waals surface area contributed by atoms with Crippen LogP contribution in [0.2, 0.25) is 0 Å². The van der Waals surface area contributed by atoms with E-state index in [9.17, 15) is 15.3 Å². The Kier molecular flexibility index (Phi) is 14.6. The minimum atomic E-state index is -2.31. The number of aliphatic hydroxyl groups is 2. The number of nitrogens with one attached hydrogen (secondary N) is 5. The molecule has 5 aliphatic carbocycles. The van der Waals surface area contributed by atoms with Crippen molar-refractivity contribution < 1.29 is 39.2 Å². The summed E-state index contributed by atoms with van der Waals surface area (Å²) in [5.74, 6) is -0.935. The van der Waals surface area contributed by atoms with Crippen LogP contribution in [0.5, 0.6) is 5.75 Å². The number of Topliss-reactive ketones (excluding diaryl/α,β-unsaturated/α-hetero) is 2. The smallest absolute Gasteiger partial charge is 0.350 e. The first kappa shape index (κ1) is 55.6. The van der Waals surface area contributed by atoms with Crippen LogP contribution in [0, 0.1) is 40.9 Å². The highest BCUT2D eigenvalue weighted by Crippen LogP contribution is 2.63. The topological polar surface area (TPSA) is 220 Å². The number of aliphatic hydroxyl groups excluding tert-OH is 2. The predicted molar refractivity (Wildman–Crippen MR) is 315 cm³/mol. The molecular weight excluding hydrogens is 1030 g/mol. The molecule has 1 spiro atoms. The molecule has 3 fully saturated rings. The van der Waals surface area contributed by atoms with E-state index in [-0.39, 0.29) is 71.6 Å². The first-order valence-corrected chi connectivity index (χ1v) is 31.1. The average molecular weight is 1120 g/mol. The lowest BCUT2D eigenvalue weighted by Gasteiger charge is -2.60. The van der Waals surface area contributed by atoms with Gasteiger partial charge in [0.1, 0.15) is 17.7 Å². The minimum Gasteiger partial charge on any atom is -0.508 e. The predicted octanol–water partition coefficient (Wildman–Crippen LogP) is 8.63. The summed E-state index contributed by atoms with van der Waals surface area (Å²) in [5.41, 5.74) is 11.3. The number of carbonyl (C=O) groups is 3. The summed E-state index contributed by atoms with van der Waals surface area (Å²) in [5, 5.41) is 53.0. The standard InChI is InChI=1S/C68H86N6O8/c1-5-73-66-33-43-14-8-12-40-11-6-7-23-65(3)31-39-25-54(62(69)72-36-39)52(42-13-9-16-47(76)26-42)28-45-27-48(77)29-53(55(45)35-66)59(56(66)30-51(40)43)81-64(80)68-61(79)58-44(32-65)15-10-17-50(58)60(78)67(68,82-68)34-46(37-75)38(2)18-19-41-22-24-71-63-49(41)20-21-57(70-4)74-63/h8-10,13-17,22,25-26,33,36,40,45,48,51-53,55-57,59,62,70-77H,5-7,11-12,18-21,23-24,27-32,34-35,37,69H2,1-4H3/b46-38-/t40-,45-,48+,51-,52-,53+,55+,56+,57+,59+,62?,65+,66+,67+,68+/m1/s1.